The largest absolute Gasteiger partial charge is 0.342 e. The summed E-state index contributed by atoms with van der Waals surface area (Å²) in [5.74, 6) is 0.232. The fraction of sp³-hybridized carbons (Fsp3) is 0.450. The second-order valence-electron chi connectivity index (χ2n) is 6.53. The zero-order chi connectivity index (χ0) is 16.2. The smallest absolute Gasteiger partial charge is 0.226 e. The van der Waals surface area contributed by atoms with E-state index in [2.05, 4.69) is 42.2 Å². The lowest BCUT2D eigenvalue weighted by atomic mass is 10.0. The van der Waals surface area contributed by atoms with Crippen LogP contribution in [0, 0.1) is 0 Å². The van der Waals surface area contributed by atoms with Crippen molar-refractivity contribution in [3.8, 4) is 0 Å². The van der Waals surface area contributed by atoms with Crippen molar-refractivity contribution in [2.24, 2.45) is 0 Å². The Bertz CT molecular complexity index is 674. The Kier molecular flexibility index (Phi) is 4.97. The minimum Gasteiger partial charge on any atom is -0.342 e. The van der Waals surface area contributed by atoms with Crippen molar-refractivity contribution in [2.75, 3.05) is 26.7 Å². The number of likely N-dealkylation sites (N-methyl/N-ethyl adjacent to an activating group) is 1. The van der Waals surface area contributed by atoms with Crippen molar-refractivity contribution >= 4 is 16.7 Å². The number of hydrogen-bond acceptors (Lipinski definition) is 2. The molecule has 1 aliphatic rings. The first kappa shape index (κ1) is 16.0. The number of piperidine rings is 1. The number of rotatable bonds is 4. The van der Waals surface area contributed by atoms with E-state index in [1.54, 1.807) is 0 Å². The zero-order valence-corrected chi connectivity index (χ0v) is 14.2. The van der Waals surface area contributed by atoms with Gasteiger partial charge in [-0.1, -0.05) is 49.4 Å². The van der Waals surface area contributed by atoms with E-state index in [1.165, 1.54) is 10.8 Å². The summed E-state index contributed by atoms with van der Waals surface area (Å²) in [5, 5.41) is 2.43. The van der Waals surface area contributed by atoms with Crippen LogP contribution in [0.1, 0.15) is 25.3 Å². The number of fused-ring (bicyclic) bond motifs is 1. The van der Waals surface area contributed by atoms with Gasteiger partial charge in [0.25, 0.3) is 0 Å². The summed E-state index contributed by atoms with van der Waals surface area (Å²) in [5.41, 5.74) is 1.10. The summed E-state index contributed by atoms with van der Waals surface area (Å²) in [6.45, 7) is 5.53. The van der Waals surface area contributed by atoms with Crippen molar-refractivity contribution < 1.29 is 4.79 Å². The van der Waals surface area contributed by atoms with Gasteiger partial charge in [0.1, 0.15) is 0 Å². The summed E-state index contributed by atoms with van der Waals surface area (Å²) >= 11 is 0. The van der Waals surface area contributed by atoms with Crippen molar-refractivity contribution in [2.45, 2.75) is 32.2 Å². The van der Waals surface area contributed by atoms with E-state index >= 15 is 0 Å². The van der Waals surface area contributed by atoms with Gasteiger partial charge in [0.15, 0.2) is 0 Å². The van der Waals surface area contributed by atoms with Crippen molar-refractivity contribution in [1.82, 2.24) is 9.80 Å². The highest BCUT2D eigenvalue weighted by Gasteiger charge is 2.24. The van der Waals surface area contributed by atoms with E-state index in [4.69, 9.17) is 0 Å². The van der Waals surface area contributed by atoms with E-state index in [-0.39, 0.29) is 5.91 Å². The Hall–Kier alpha value is -1.87. The molecule has 122 valence electrons. The molecule has 3 nitrogen and oxygen atoms in total. The number of carbonyl (C=O) groups excluding carboxylic acids is 1. The molecule has 0 aliphatic carbocycles. The number of amides is 1. The quantitative estimate of drug-likeness (QED) is 0.865. The highest BCUT2D eigenvalue weighted by molar-refractivity contribution is 5.85. The van der Waals surface area contributed by atoms with Crippen LogP contribution < -0.4 is 0 Å². The second kappa shape index (κ2) is 7.14. The summed E-state index contributed by atoms with van der Waals surface area (Å²) in [4.78, 5) is 17.0. The number of hydrogen-bond donors (Lipinski definition) is 0. The Labute approximate surface area is 138 Å². The SMILES string of the molecule is CCN1CCC(N(C)C(=O)Cc2ccc3ccccc3c2)CC1. The van der Waals surface area contributed by atoms with Gasteiger partial charge in [0.2, 0.25) is 5.91 Å². The van der Waals surface area contributed by atoms with Crippen LogP contribution in [0.15, 0.2) is 42.5 Å². The lowest BCUT2D eigenvalue weighted by molar-refractivity contribution is -0.132. The molecular weight excluding hydrogens is 284 g/mol. The van der Waals surface area contributed by atoms with Gasteiger partial charge in [-0.25, -0.2) is 0 Å². The van der Waals surface area contributed by atoms with Crippen molar-refractivity contribution in [1.29, 1.82) is 0 Å². The monoisotopic (exact) mass is 310 g/mol. The van der Waals surface area contributed by atoms with Gasteiger partial charge < -0.3 is 9.80 Å². The van der Waals surface area contributed by atoms with E-state index in [1.807, 2.05) is 24.1 Å². The van der Waals surface area contributed by atoms with Crippen LogP contribution in [-0.2, 0) is 11.2 Å². The van der Waals surface area contributed by atoms with Crippen molar-refractivity contribution in [3.63, 3.8) is 0 Å². The maximum Gasteiger partial charge on any atom is 0.226 e. The zero-order valence-electron chi connectivity index (χ0n) is 14.2. The maximum atomic E-state index is 12.6. The van der Waals surface area contributed by atoms with E-state index < -0.39 is 0 Å². The molecule has 1 amide bonds. The maximum absolute atomic E-state index is 12.6. The van der Waals surface area contributed by atoms with Crippen LogP contribution in [0.2, 0.25) is 0 Å². The molecular formula is C20H26N2O. The standard InChI is InChI=1S/C20H26N2O/c1-3-22-12-10-19(11-13-22)21(2)20(23)15-16-8-9-17-6-4-5-7-18(17)14-16/h4-9,14,19H,3,10-13,15H2,1-2H3. The molecule has 1 fully saturated rings. The Balaban J connectivity index is 1.63. The van der Waals surface area contributed by atoms with Crippen LogP contribution in [0.3, 0.4) is 0 Å². The first-order valence-corrected chi connectivity index (χ1v) is 8.63. The van der Waals surface area contributed by atoms with E-state index in [0.29, 0.717) is 12.5 Å². The summed E-state index contributed by atoms with van der Waals surface area (Å²) in [6, 6.07) is 15.0. The van der Waals surface area contributed by atoms with Crippen LogP contribution in [0.4, 0.5) is 0 Å². The van der Waals surface area contributed by atoms with Gasteiger partial charge in [-0.05, 0) is 35.7 Å². The minimum atomic E-state index is 0.232. The normalized spacial score (nSPS) is 16.6. The molecule has 0 bridgehead atoms. The van der Waals surface area contributed by atoms with Gasteiger partial charge in [-0.3, -0.25) is 4.79 Å². The van der Waals surface area contributed by atoms with Crippen LogP contribution >= 0.6 is 0 Å². The molecule has 1 heterocycles. The molecule has 1 aliphatic heterocycles. The third kappa shape index (κ3) is 3.73. The van der Waals surface area contributed by atoms with Crippen LogP contribution in [0.25, 0.3) is 10.8 Å². The third-order valence-electron chi connectivity index (χ3n) is 5.11. The highest BCUT2D eigenvalue weighted by Crippen LogP contribution is 2.19. The molecule has 0 aromatic heterocycles. The van der Waals surface area contributed by atoms with Crippen LogP contribution in [-0.4, -0.2) is 48.4 Å². The Morgan fingerprint density at radius 2 is 1.83 bits per heavy atom. The molecule has 2 aromatic carbocycles. The fourth-order valence-corrected chi connectivity index (χ4v) is 3.47. The Morgan fingerprint density at radius 1 is 1.13 bits per heavy atom. The predicted molar refractivity (Wildman–Crippen MR) is 95.6 cm³/mol. The number of carbonyl (C=O) groups is 1. The van der Waals surface area contributed by atoms with Gasteiger partial charge >= 0.3 is 0 Å². The molecule has 3 heteroatoms. The molecule has 23 heavy (non-hydrogen) atoms. The van der Waals surface area contributed by atoms with Gasteiger partial charge in [-0.2, -0.15) is 0 Å². The molecule has 0 atom stereocenters. The fourth-order valence-electron chi connectivity index (χ4n) is 3.47. The molecule has 0 radical (unpaired) electrons. The Morgan fingerprint density at radius 3 is 2.52 bits per heavy atom. The highest BCUT2D eigenvalue weighted by atomic mass is 16.2. The molecule has 0 N–H and O–H groups in total. The molecule has 1 saturated heterocycles. The summed E-state index contributed by atoms with van der Waals surface area (Å²) in [6.07, 6.45) is 2.68. The number of nitrogens with zero attached hydrogens (tertiary/aromatic N) is 2. The first-order valence-electron chi connectivity index (χ1n) is 8.63. The minimum absolute atomic E-state index is 0.232. The summed E-state index contributed by atoms with van der Waals surface area (Å²) in [7, 11) is 1.97. The first-order chi connectivity index (χ1) is 11.2. The van der Waals surface area contributed by atoms with Crippen molar-refractivity contribution in [3.05, 3.63) is 48.0 Å². The topological polar surface area (TPSA) is 23.6 Å². The van der Waals surface area contributed by atoms with Gasteiger partial charge in [-0.15, -0.1) is 0 Å². The molecule has 0 saturated carbocycles. The average molecular weight is 310 g/mol. The van der Waals surface area contributed by atoms with E-state index in [0.717, 1.165) is 38.0 Å². The van der Waals surface area contributed by atoms with Crippen LogP contribution in [0.5, 0.6) is 0 Å². The lowest BCUT2D eigenvalue weighted by Gasteiger charge is -2.36. The van der Waals surface area contributed by atoms with Gasteiger partial charge in [0, 0.05) is 26.2 Å². The molecule has 3 rings (SSSR count). The third-order valence-corrected chi connectivity index (χ3v) is 5.11. The second-order valence-corrected chi connectivity index (χ2v) is 6.53. The predicted octanol–water partition coefficient (Wildman–Crippen LogP) is 3.33. The number of benzene rings is 2. The lowest BCUT2D eigenvalue weighted by Crippen LogP contribution is -2.45. The molecule has 0 unspecified atom stereocenters. The molecule has 2 aromatic rings. The molecule has 0 spiro atoms. The summed E-state index contributed by atoms with van der Waals surface area (Å²) < 4.78 is 0. The van der Waals surface area contributed by atoms with E-state index in [9.17, 15) is 4.79 Å². The average Bonchev–Trinajstić information content (AvgIpc) is 2.61. The van der Waals surface area contributed by atoms with Gasteiger partial charge in [0.05, 0.1) is 6.42 Å². The number of likely N-dealkylation sites (tertiary alicyclic amines) is 1.